The third kappa shape index (κ3) is 4.07. The minimum atomic E-state index is 0.436. The fourth-order valence-electron chi connectivity index (χ4n) is 2.31. The van der Waals surface area contributed by atoms with Gasteiger partial charge < -0.3 is 15.4 Å². The maximum atomic E-state index is 6.09. The van der Waals surface area contributed by atoms with E-state index in [0.717, 1.165) is 34.2 Å². The summed E-state index contributed by atoms with van der Waals surface area (Å²) in [6, 6.07) is 7.72. The molecule has 3 aromatic heterocycles. The number of hydrogen-bond acceptors (Lipinski definition) is 7. The summed E-state index contributed by atoms with van der Waals surface area (Å²) < 4.78 is 5.75. The summed E-state index contributed by atoms with van der Waals surface area (Å²) in [6.45, 7) is 1.39. The SMILES string of the molecule is COCCN(C)c1cnc(N)c(-c2cccc(-c3ncc(Cl)s3)n2)c1. The molecule has 0 saturated carbocycles. The van der Waals surface area contributed by atoms with Crippen LogP contribution in [0.5, 0.6) is 0 Å². The molecule has 0 radical (unpaired) electrons. The molecule has 0 atom stereocenters. The van der Waals surface area contributed by atoms with E-state index in [9.17, 15) is 0 Å². The average molecular weight is 376 g/mol. The lowest BCUT2D eigenvalue weighted by Crippen LogP contribution is -2.22. The van der Waals surface area contributed by atoms with Crippen LogP contribution in [0.15, 0.2) is 36.7 Å². The summed E-state index contributed by atoms with van der Waals surface area (Å²) in [4.78, 5) is 15.3. The fraction of sp³-hybridized carbons (Fsp3) is 0.235. The molecular formula is C17H18ClN5OS. The van der Waals surface area contributed by atoms with Crippen molar-refractivity contribution in [1.82, 2.24) is 15.0 Å². The quantitative estimate of drug-likeness (QED) is 0.709. The Morgan fingerprint density at radius 2 is 2.04 bits per heavy atom. The van der Waals surface area contributed by atoms with E-state index < -0.39 is 0 Å². The number of nitrogens with zero attached hydrogens (tertiary/aromatic N) is 4. The number of aromatic nitrogens is 3. The topological polar surface area (TPSA) is 77.2 Å². The average Bonchev–Trinajstić information content (AvgIpc) is 3.06. The zero-order valence-electron chi connectivity index (χ0n) is 13.9. The number of ether oxygens (including phenoxy) is 1. The van der Waals surface area contributed by atoms with Gasteiger partial charge in [0.1, 0.15) is 15.2 Å². The molecule has 0 aromatic carbocycles. The van der Waals surface area contributed by atoms with Crippen molar-refractivity contribution in [2.24, 2.45) is 0 Å². The number of halogens is 1. The Morgan fingerprint density at radius 3 is 2.76 bits per heavy atom. The van der Waals surface area contributed by atoms with Gasteiger partial charge in [0.15, 0.2) is 0 Å². The van der Waals surface area contributed by atoms with Crippen LogP contribution in [-0.4, -0.2) is 42.3 Å². The zero-order chi connectivity index (χ0) is 17.8. The zero-order valence-corrected chi connectivity index (χ0v) is 15.5. The van der Waals surface area contributed by atoms with Gasteiger partial charge in [-0.1, -0.05) is 17.7 Å². The van der Waals surface area contributed by atoms with Crippen LogP contribution < -0.4 is 10.6 Å². The molecule has 2 N–H and O–H groups in total. The minimum absolute atomic E-state index is 0.436. The Labute approximate surface area is 155 Å². The standard InChI is InChI=1S/C17H18ClN5OS/c1-23(6-7-24-2)11-8-12(16(19)20-9-11)13-4-3-5-14(22-13)17-21-10-15(18)25-17/h3-5,8-10H,6-7H2,1-2H3,(H2,19,20). The highest BCUT2D eigenvalue weighted by Crippen LogP contribution is 2.31. The Balaban J connectivity index is 1.96. The van der Waals surface area contributed by atoms with E-state index in [0.29, 0.717) is 16.8 Å². The van der Waals surface area contributed by atoms with Crippen molar-refractivity contribution in [2.45, 2.75) is 0 Å². The Bertz CT molecular complexity index is 870. The van der Waals surface area contributed by atoms with E-state index in [1.165, 1.54) is 11.3 Å². The van der Waals surface area contributed by atoms with Crippen LogP contribution in [0.3, 0.4) is 0 Å². The molecule has 0 aliphatic rings. The number of pyridine rings is 2. The minimum Gasteiger partial charge on any atom is -0.383 e. The maximum absolute atomic E-state index is 6.09. The van der Waals surface area contributed by atoms with E-state index in [1.54, 1.807) is 19.5 Å². The van der Waals surface area contributed by atoms with Crippen molar-refractivity contribution in [3.63, 3.8) is 0 Å². The molecule has 130 valence electrons. The predicted molar refractivity (Wildman–Crippen MR) is 103 cm³/mol. The van der Waals surface area contributed by atoms with Crippen molar-refractivity contribution < 1.29 is 4.74 Å². The van der Waals surface area contributed by atoms with E-state index in [1.807, 2.05) is 31.3 Å². The van der Waals surface area contributed by atoms with Crippen LogP contribution in [-0.2, 0) is 4.74 Å². The highest BCUT2D eigenvalue weighted by molar-refractivity contribution is 7.18. The third-order valence-corrected chi connectivity index (χ3v) is 4.83. The lowest BCUT2D eigenvalue weighted by Gasteiger charge is -2.19. The van der Waals surface area contributed by atoms with Crippen molar-refractivity contribution in [3.05, 3.63) is 41.0 Å². The van der Waals surface area contributed by atoms with E-state index in [4.69, 9.17) is 22.1 Å². The summed E-state index contributed by atoms with van der Waals surface area (Å²) >= 11 is 7.36. The summed E-state index contributed by atoms with van der Waals surface area (Å²) in [7, 11) is 3.66. The molecule has 8 heteroatoms. The van der Waals surface area contributed by atoms with Gasteiger partial charge in [0.25, 0.3) is 0 Å². The largest absolute Gasteiger partial charge is 0.383 e. The van der Waals surface area contributed by atoms with Crippen LogP contribution in [0.2, 0.25) is 4.34 Å². The Hall–Kier alpha value is -2.22. The summed E-state index contributed by atoms with van der Waals surface area (Å²) in [5.41, 5.74) is 9.32. The van der Waals surface area contributed by atoms with Gasteiger partial charge in [-0.15, -0.1) is 11.3 Å². The van der Waals surface area contributed by atoms with E-state index in [2.05, 4.69) is 19.9 Å². The molecule has 6 nitrogen and oxygen atoms in total. The molecule has 0 amide bonds. The van der Waals surface area contributed by atoms with Crippen LogP contribution in [0.4, 0.5) is 11.5 Å². The van der Waals surface area contributed by atoms with Gasteiger partial charge >= 0.3 is 0 Å². The second kappa shape index (κ2) is 7.77. The molecule has 3 rings (SSSR count). The normalized spacial score (nSPS) is 10.8. The first-order valence-corrected chi connectivity index (χ1v) is 8.82. The lowest BCUT2D eigenvalue weighted by atomic mass is 10.1. The number of nitrogen functional groups attached to an aromatic ring is 1. The first kappa shape index (κ1) is 17.6. The number of nitrogens with two attached hydrogens (primary N) is 1. The highest BCUT2D eigenvalue weighted by atomic mass is 35.5. The Morgan fingerprint density at radius 1 is 1.24 bits per heavy atom. The van der Waals surface area contributed by atoms with Gasteiger partial charge in [0.2, 0.25) is 0 Å². The van der Waals surface area contributed by atoms with Crippen molar-refractivity contribution >= 4 is 34.4 Å². The number of rotatable bonds is 6. The van der Waals surface area contributed by atoms with Gasteiger partial charge in [0, 0.05) is 26.3 Å². The van der Waals surface area contributed by atoms with Crippen LogP contribution >= 0.6 is 22.9 Å². The molecule has 0 aliphatic heterocycles. The molecule has 0 spiro atoms. The van der Waals surface area contributed by atoms with Crippen molar-refractivity contribution in [3.8, 4) is 22.0 Å². The Kier molecular flexibility index (Phi) is 5.47. The number of thiazole rings is 1. The number of methoxy groups -OCH3 is 1. The fourth-order valence-corrected chi connectivity index (χ4v) is 3.19. The highest BCUT2D eigenvalue weighted by Gasteiger charge is 2.12. The summed E-state index contributed by atoms with van der Waals surface area (Å²) in [5, 5.41) is 0.770. The van der Waals surface area contributed by atoms with Crippen LogP contribution in [0, 0.1) is 0 Å². The van der Waals surface area contributed by atoms with Gasteiger partial charge in [-0.2, -0.15) is 0 Å². The lowest BCUT2D eigenvalue weighted by molar-refractivity contribution is 0.206. The van der Waals surface area contributed by atoms with Crippen molar-refractivity contribution in [2.75, 3.05) is 37.9 Å². The van der Waals surface area contributed by atoms with E-state index >= 15 is 0 Å². The van der Waals surface area contributed by atoms with Crippen LogP contribution in [0.25, 0.3) is 22.0 Å². The molecule has 3 aromatic rings. The van der Waals surface area contributed by atoms with Gasteiger partial charge in [-0.25, -0.2) is 15.0 Å². The summed E-state index contributed by atoms with van der Waals surface area (Å²) in [5.74, 6) is 0.436. The smallest absolute Gasteiger partial charge is 0.143 e. The first-order valence-electron chi connectivity index (χ1n) is 7.63. The van der Waals surface area contributed by atoms with Gasteiger partial charge in [0.05, 0.1) is 36.1 Å². The first-order chi connectivity index (χ1) is 12.1. The van der Waals surface area contributed by atoms with Gasteiger partial charge in [-0.3, -0.25) is 0 Å². The second-order valence-electron chi connectivity index (χ2n) is 5.42. The van der Waals surface area contributed by atoms with Gasteiger partial charge in [-0.05, 0) is 18.2 Å². The molecule has 0 saturated heterocycles. The molecule has 0 fully saturated rings. The molecule has 0 aliphatic carbocycles. The summed E-state index contributed by atoms with van der Waals surface area (Å²) in [6.07, 6.45) is 3.37. The molecular weight excluding hydrogens is 358 g/mol. The van der Waals surface area contributed by atoms with Crippen LogP contribution in [0.1, 0.15) is 0 Å². The molecule has 0 unspecified atom stereocenters. The van der Waals surface area contributed by atoms with Crippen molar-refractivity contribution in [1.29, 1.82) is 0 Å². The maximum Gasteiger partial charge on any atom is 0.143 e. The molecule has 0 bridgehead atoms. The molecule has 25 heavy (non-hydrogen) atoms. The number of anilines is 2. The number of hydrogen-bond donors (Lipinski definition) is 1. The predicted octanol–water partition coefficient (Wildman–Crippen LogP) is 3.59. The van der Waals surface area contributed by atoms with E-state index in [-0.39, 0.29) is 0 Å². The second-order valence-corrected chi connectivity index (χ2v) is 7.08. The monoisotopic (exact) mass is 375 g/mol. The third-order valence-electron chi connectivity index (χ3n) is 3.70. The molecule has 3 heterocycles. The number of likely N-dealkylation sites (N-methyl/N-ethyl adjacent to an activating group) is 1.